The van der Waals surface area contributed by atoms with E-state index in [4.69, 9.17) is 4.52 Å². The van der Waals surface area contributed by atoms with E-state index in [9.17, 15) is 14.7 Å². The van der Waals surface area contributed by atoms with Crippen molar-refractivity contribution in [2.75, 3.05) is 23.7 Å². The summed E-state index contributed by atoms with van der Waals surface area (Å²) >= 11 is 6.54. The molecule has 0 unspecified atom stereocenters. The maximum absolute atomic E-state index is 12.8. The van der Waals surface area contributed by atoms with Crippen molar-refractivity contribution in [3.8, 4) is 0 Å². The Bertz CT molecular complexity index is 778. The van der Waals surface area contributed by atoms with Crippen molar-refractivity contribution >= 4 is 56.0 Å². The maximum atomic E-state index is 12.8. The third-order valence-electron chi connectivity index (χ3n) is 3.34. The van der Waals surface area contributed by atoms with E-state index < -0.39 is 12.6 Å². The van der Waals surface area contributed by atoms with Crippen LogP contribution in [0.1, 0.15) is 5.56 Å². The van der Waals surface area contributed by atoms with Gasteiger partial charge in [0.2, 0.25) is 0 Å². The minimum atomic E-state index is -3.25. The number of halogens is 2. The Morgan fingerprint density at radius 2 is 1.76 bits per heavy atom. The zero-order valence-electron chi connectivity index (χ0n) is 13.3. The predicted molar refractivity (Wildman–Crippen MR) is 107 cm³/mol. The summed E-state index contributed by atoms with van der Waals surface area (Å²) in [4.78, 5) is 10.9. The summed E-state index contributed by atoms with van der Waals surface area (Å²) in [7, 11) is -3.25. The number of benzene rings is 2. The van der Waals surface area contributed by atoms with Gasteiger partial charge in [-0.05, 0) is 23.1 Å². The van der Waals surface area contributed by atoms with E-state index in [1.807, 2.05) is 12.1 Å². The van der Waals surface area contributed by atoms with E-state index in [-0.39, 0.29) is 12.3 Å². The molecule has 0 radical (unpaired) electrons. The van der Waals surface area contributed by atoms with Crippen LogP contribution in [-0.4, -0.2) is 28.7 Å². The summed E-state index contributed by atoms with van der Waals surface area (Å²) < 4.78 is 18.3. The van der Waals surface area contributed by atoms with Gasteiger partial charge in [-0.15, -0.1) is 0 Å². The number of hydrogen-bond donors (Lipinski definition) is 2. The molecule has 0 saturated heterocycles. The highest BCUT2D eigenvalue weighted by molar-refractivity contribution is 9.09. The van der Waals surface area contributed by atoms with Crippen molar-refractivity contribution < 1.29 is 14.0 Å². The van der Waals surface area contributed by atoms with Crippen LogP contribution < -0.4 is 10.2 Å². The highest BCUT2D eigenvalue weighted by atomic mass is 79.9. The fourth-order valence-corrected chi connectivity index (χ4v) is 4.72. The zero-order valence-corrected chi connectivity index (χ0v) is 17.3. The Kier molecular flexibility index (Phi) is 7.99. The molecule has 0 aliphatic carbocycles. The van der Waals surface area contributed by atoms with Gasteiger partial charge in [0, 0.05) is 29.8 Å². The minimum Gasteiger partial charge on any atom is -0.301 e. The Balaban J connectivity index is 2.23. The standard InChI is InChI=1S/C15H18Br2N3O4P/c16-5-7-18-25(23,19-8-6-17)24-11-12-9-13-3-1-2-4-14(13)15(10-12)20(21)22/h1-4,9-10H,5-8,11H2,(H2,18,19,23). The molecule has 2 aromatic carbocycles. The largest absolute Gasteiger partial charge is 0.341 e. The minimum absolute atomic E-state index is 0.00643. The number of rotatable bonds is 10. The molecule has 0 aliphatic heterocycles. The Hall–Kier alpha value is -0.830. The van der Waals surface area contributed by atoms with Crippen molar-refractivity contribution in [1.82, 2.24) is 10.2 Å². The van der Waals surface area contributed by atoms with Crippen molar-refractivity contribution in [3.05, 3.63) is 52.1 Å². The molecule has 0 aromatic heterocycles. The lowest BCUT2D eigenvalue weighted by atomic mass is 10.1. The van der Waals surface area contributed by atoms with Gasteiger partial charge in [-0.1, -0.05) is 50.1 Å². The molecule has 25 heavy (non-hydrogen) atoms. The normalized spacial score (nSPS) is 11.8. The SMILES string of the molecule is O=[N+]([O-])c1cc(COP(=O)(NCCBr)NCCBr)cc2ccccc12. The monoisotopic (exact) mass is 493 g/mol. The van der Waals surface area contributed by atoms with Crippen LogP contribution in [0, 0.1) is 10.1 Å². The van der Waals surface area contributed by atoms with E-state index in [0.717, 1.165) is 5.39 Å². The molecule has 7 nitrogen and oxygen atoms in total. The van der Waals surface area contributed by atoms with E-state index in [0.29, 0.717) is 34.7 Å². The maximum Gasteiger partial charge on any atom is 0.341 e. The van der Waals surface area contributed by atoms with Gasteiger partial charge in [0.05, 0.1) is 16.9 Å². The number of nitro benzene ring substituents is 1. The predicted octanol–water partition coefficient (Wildman–Crippen LogP) is 4.34. The van der Waals surface area contributed by atoms with E-state index >= 15 is 0 Å². The smallest absolute Gasteiger partial charge is 0.301 e. The topological polar surface area (TPSA) is 93.5 Å². The number of nitrogens with one attached hydrogen (secondary N) is 2. The van der Waals surface area contributed by atoms with Gasteiger partial charge in [-0.2, -0.15) is 0 Å². The Labute approximate surface area is 162 Å². The summed E-state index contributed by atoms with van der Waals surface area (Å²) in [5.74, 6) is 0. The van der Waals surface area contributed by atoms with Crippen LogP contribution in [-0.2, 0) is 15.7 Å². The first-order chi connectivity index (χ1) is 12.0. The van der Waals surface area contributed by atoms with Crippen LogP contribution in [0.4, 0.5) is 5.69 Å². The third-order valence-corrected chi connectivity index (χ3v) is 5.90. The highest BCUT2D eigenvalue weighted by Crippen LogP contribution is 2.39. The third kappa shape index (κ3) is 5.84. The highest BCUT2D eigenvalue weighted by Gasteiger charge is 2.22. The lowest BCUT2D eigenvalue weighted by Crippen LogP contribution is -2.26. The van der Waals surface area contributed by atoms with Crippen LogP contribution in [0.25, 0.3) is 10.8 Å². The van der Waals surface area contributed by atoms with Gasteiger partial charge < -0.3 is 4.52 Å². The summed E-state index contributed by atoms with van der Waals surface area (Å²) in [6, 6.07) is 10.4. The van der Waals surface area contributed by atoms with E-state index in [1.165, 1.54) is 6.07 Å². The summed E-state index contributed by atoms with van der Waals surface area (Å²) in [6.07, 6.45) is 0. The van der Waals surface area contributed by atoms with Crippen LogP contribution in [0.3, 0.4) is 0 Å². The number of non-ortho nitro benzene ring substituents is 1. The lowest BCUT2D eigenvalue weighted by Gasteiger charge is -2.20. The second kappa shape index (κ2) is 9.75. The van der Waals surface area contributed by atoms with Crippen molar-refractivity contribution in [2.24, 2.45) is 0 Å². The number of alkyl halides is 2. The van der Waals surface area contributed by atoms with Crippen molar-refractivity contribution in [2.45, 2.75) is 6.61 Å². The fourth-order valence-electron chi connectivity index (χ4n) is 2.28. The molecule has 0 amide bonds. The molecule has 2 aromatic rings. The average molecular weight is 495 g/mol. The average Bonchev–Trinajstić information content (AvgIpc) is 2.62. The number of fused-ring (bicyclic) bond motifs is 1. The first-order valence-electron chi connectivity index (χ1n) is 7.52. The molecule has 0 heterocycles. The number of nitrogens with zero attached hydrogens (tertiary/aromatic N) is 1. The molecule has 0 bridgehead atoms. The second-order valence-electron chi connectivity index (χ2n) is 5.11. The zero-order chi connectivity index (χ0) is 18.3. The van der Waals surface area contributed by atoms with Crippen LogP contribution in [0.15, 0.2) is 36.4 Å². The second-order valence-corrected chi connectivity index (χ2v) is 8.69. The molecular formula is C15H18Br2N3O4P. The summed E-state index contributed by atoms with van der Waals surface area (Å²) in [6.45, 7) is 0.919. The molecule has 136 valence electrons. The molecule has 10 heteroatoms. The van der Waals surface area contributed by atoms with Gasteiger partial charge in [0.1, 0.15) is 0 Å². The molecule has 0 fully saturated rings. The Morgan fingerprint density at radius 3 is 2.36 bits per heavy atom. The molecule has 2 N–H and O–H groups in total. The van der Waals surface area contributed by atoms with E-state index in [1.54, 1.807) is 18.2 Å². The fraction of sp³-hybridized carbons (Fsp3) is 0.333. The van der Waals surface area contributed by atoms with Gasteiger partial charge in [-0.3, -0.25) is 14.7 Å². The van der Waals surface area contributed by atoms with Crippen LogP contribution in [0.2, 0.25) is 0 Å². The summed E-state index contributed by atoms with van der Waals surface area (Å²) in [5.41, 5.74) is 0.597. The molecule has 0 saturated carbocycles. The molecule has 2 rings (SSSR count). The van der Waals surface area contributed by atoms with Crippen molar-refractivity contribution in [3.63, 3.8) is 0 Å². The van der Waals surface area contributed by atoms with Gasteiger partial charge in [0.15, 0.2) is 0 Å². The quantitative estimate of drug-likeness (QED) is 0.221. The summed E-state index contributed by atoms with van der Waals surface area (Å²) in [5, 5.41) is 19.6. The molecule has 0 atom stereocenters. The number of nitro groups is 1. The van der Waals surface area contributed by atoms with Crippen LogP contribution >= 0.6 is 39.5 Å². The number of hydrogen-bond acceptors (Lipinski definition) is 4. The molecule has 0 aliphatic rings. The van der Waals surface area contributed by atoms with Crippen molar-refractivity contribution in [1.29, 1.82) is 0 Å². The first kappa shape index (κ1) is 20.5. The Morgan fingerprint density at radius 1 is 1.12 bits per heavy atom. The van der Waals surface area contributed by atoms with E-state index in [2.05, 4.69) is 42.0 Å². The molecule has 0 spiro atoms. The van der Waals surface area contributed by atoms with Crippen LogP contribution in [0.5, 0.6) is 0 Å². The van der Waals surface area contributed by atoms with Gasteiger partial charge in [-0.25, -0.2) is 10.2 Å². The first-order valence-corrected chi connectivity index (χ1v) is 11.4. The van der Waals surface area contributed by atoms with Gasteiger partial charge >= 0.3 is 7.67 Å². The lowest BCUT2D eigenvalue weighted by molar-refractivity contribution is -0.383. The molecular weight excluding hydrogens is 477 g/mol. The van der Waals surface area contributed by atoms with Gasteiger partial charge in [0.25, 0.3) is 5.69 Å².